The number of amides is 4. The molecule has 0 fully saturated rings. The van der Waals surface area contributed by atoms with Crippen LogP contribution in [0, 0.1) is 5.92 Å². The van der Waals surface area contributed by atoms with E-state index in [1.807, 2.05) is 27.7 Å². The van der Waals surface area contributed by atoms with Crippen LogP contribution in [0.2, 0.25) is 0 Å². The molecule has 0 spiro atoms. The normalized spacial score (nSPS) is 12.7. The van der Waals surface area contributed by atoms with Gasteiger partial charge in [-0.25, -0.2) is 9.59 Å². The first-order valence-corrected chi connectivity index (χ1v) is 12.4. The van der Waals surface area contributed by atoms with Crippen molar-refractivity contribution in [3.63, 3.8) is 0 Å². The summed E-state index contributed by atoms with van der Waals surface area (Å²) in [5.41, 5.74) is 6.42. The summed E-state index contributed by atoms with van der Waals surface area (Å²) >= 11 is 1.56. The monoisotopic (exact) mass is 589 g/mol. The smallest absolute Gasteiger partial charge is 0.367 e. The number of hydrogen-bond donors (Lipinski definition) is 5. The fourth-order valence-corrected chi connectivity index (χ4v) is 3.35. The van der Waals surface area contributed by atoms with E-state index in [1.165, 1.54) is 0 Å². The summed E-state index contributed by atoms with van der Waals surface area (Å²) in [5, 5.41) is 11.5. The van der Waals surface area contributed by atoms with Crippen LogP contribution in [0.25, 0.3) is 0 Å². The summed E-state index contributed by atoms with van der Waals surface area (Å²) in [4.78, 5) is 47.8. The molecule has 0 heterocycles. The number of benzene rings is 1. The van der Waals surface area contributed by atoms with Crippen LogP contribution in [-0.2, 0) is 20.9 Å². The van der Waals surface area contributed by atoms with E-state index in [2.05, 4.69) is 21.3 Å². The van der Waals surface area contributed by atoms with Crippen LogP contribution in [0.4, 0.5) is 15.3 Å². The molecule has 0 aliphatic rings. The Kier molecular flexibility index (Phi) is 13.5. The number of primary amides is 1. The molecule has 0 radical (unpaired) electrons. The first-order chi connectivity index (χ1) is 16.0. The number of urea groups is 1. The Morgan fingerprint density at radius 3 is 2.18 bits per heavy atom. The highest BCUT2D eigenvalue weighted by Crippen LogP contribution is 2.13. The van der Waals surface area contributed by atoms with Crippen molar-refractivity contribution in [3.8, 4) is 0 Å². The quantitative estimate of drug-likeness (QED) is 0.128. The number of carbonyl (C=O) groups excluding carboxylic acids is 4. The third-order valence-corrected chi connectivity index (χ3v) is 5.20. The van der Waals surface area contributed by atoms with Crippen molar-refractivity contribution in [1.82, 2.24) is 16.0 Å². The molecule has 0 aliphatic heterocycles. The van der Waals surface area contributed by atoms with E-state index in [1.54, 1.807) is 46.9 Å². The average molecular weight is 589 g/mol. The number of unbranched alkanes of at least 4 members (excludes halogenated alkanes) is 1. The van der Waals surface area contributed by atoms with Crippen molar-refractivity contribution in [2.24, 2.45) is 11.7 Å². The Morgan fingerprint density at radius 2 is 1.65 bits per heavy atom. The highest BCUT2D eigenvalue weighted by Gasteiger charge is 2.27. The molecule has 0 bridgehead atoms. The average Bonchev–Trinajstić information content (AvgIpc) is 2.75. The SMILES string of the molecule is CC(C)N[C@H](C(=O)N[C@@H](CCCCNC(N)=O)C(=O)Nc1ccc(COC(=O)I)cc1)C(C)C. The number of nitrogens with two attached hydrogens (primary N) is 1. The number of nitrogens with one attached hydrogen (secondary N) is 4. The molecule has 1 aromatic rings. The van der Waals surface area contributed by atoms with Crippen molar-refractivity contribution < 1.29 is 23.9 Å². The van der Waals surface area contributed by atoms with Gasteiger partial charge in [-0.1, -0.05) is 39.8 Å². The van der Waals surface area contributed by atoms with Crippen LogP contribution >= 0.6 is 22.6 Å². The third-order valence-electron chi connectivity index (χ3n) is 4.89. The van der Waals surface area contributed by atoms with Gasteiger partial charge in [0.2, 0.25) is 11.8 Å². The Hall–Kier alpha value is -2.41. The second-order valence-corrected chi connectivity index (χ2v) is 9.48. The predicted octanol–water partition coefficient (Wildman–Crippen LogP) is 3.04. The zero-order chi connectivity index (χ0) is 25.7. The van der Waals surface area contributed by atoms with Crippen LogP contribution in [0.5, 0.6) is 0 Å². The van der Waals surface area contributed by atoms with Gasteiger partial charge in [-0.3, -0.25) is 9.59 Å². The molecule has 0 saturated carbocycles. The van der Waals surface area contributed by atoms with Gasteiger partial charge in [-0.15, -0.1) is 0 Å². The number of rotatable bonds is 14. The molecule has 4 amide bonds. The summed E-state index contributed by atoms with van der Waals surface area (Å²) in [6.45, 7) is 8.35. The maximum absolute atomic E-state index is 13.0. The number of ether oxygens (including phenoxy) is 1. The van der Waals surface area contributed by atoms with Crippen molar-refractivity contribution >= 4 is 50.1 Å². The molecule has 10 nitrogen and oxygen atoms in total. The van der Waals surface area contributed by atoms with Gasteiger partial charge in [0, 0.05) is 18.3 Å². The maximum atomic E-state index is 13.0. The molecule has 0 aromatic heterocycles. The van der Waals surface area contributed by atoms with Gasteiger partial charge in [0.1, 0.15) is 12.6 Å². The molecule has 0 unspecified atom stereocenters. The summed E-state index contributed by atoms with van der Waals surface area (Å²) in [7, 11) is 0. The second-order valence-electron chi connectivity index (χ2n) is 8.60. The lowest BCUT2D eigenvalue weighted by Gasteiger charge is -2.27. The van der Waals surface area contributed by atoms with Gasteiger partial charge in [-0.2, -0.15) is 0 Å². The summed E-state index contributed by atoms with van der Waals surface area (Å²) in [5.74, 6) is -0.542. The van der Waals surface area contributed by atoms with E-state index >= 15 is 0 Å². The van der Waals surface area contributed by atoms with Gasteiger partial charge < -0.3 is 31.7 Å². The van der Waals surface area contributed by atoms with Crippen LogP contribution < -0.4 is 27.0 Å². The predicted molar refractivity (Wildman–Crippen MR) is 140 cm³/mol. The lowest BCUT2D eigenvalue weighted by molar-refractivity contribution is -0.129. The Labute approximate surface area is 214 Å². The van der Waals surface area contributed by atoms with Gasteiger partial charge in [0.05, 0.1) is 28.6 Å². The highest BCUT2D eigenvalue weighted by molar-refractivity contribution is 14.1. The van der Waals surface area contributed by atoms with Crippen LogP contribution in [-0.4, -0.2) is 46.5 Å². The topological polar surface area (TPSA) is 152 Å². The Morgan fingerprint density at radius 1 is 1.00 bits per heavy atom. The second kappa shape index (κ2) is 15.5. The molecule has 1 rings (SSSR count). The number of carbonyl (C=O) groups is 4. The molecular formula is C23H36IN5O5. The van der Waals surface area contributed by atoms with Gasteiger partial charge >= 0.3 is 10.0 Å². The Balaban J connectivity index is 2.84. The fourth-order valence-electron chi connectivity index (χ4n) is 3.20. The lowest BCUT2D eigenvalue weighted by Crippen LogP contribution is -2.54. The van der Waals surface area contributed by atoms with Crippen LogP contribution in [0.15, 0.2) is 24.3 Å². The van der Waals surface area contributed by atoms with E-state index in [0.29, 0.717) is 31.5 Å². The van der Waals surface area contributed by atoms with Crippen molar-refractivity contribution in [2.45, 2.75) is 71.7 Å². The molecule has 2 atom stereocenters. The summed E-state index contributed by atoms with van der Waals surface area (Å²) < 4.78 is 4.55. The Bertz CT molecular complexity index is 816. The van der Waals surface area contributed by atoms with Gasteiger partial charge in [0.25, 0.3) is 0 Å². The molecule has 0 aliphatic carbocycles. The minimum Gasteiger partial charge on any atom is -0.453 e. The summed E-state index contributed by atoms with van der Waals surface area (Å²) in [6, 6.07) is 5.23. The van der Waals surface area contributed by atoms with Crippen molar-refractivity contribution in [1.29, 1.82) is 0 Å². The van der Waals surface area contributed by atoms with E-state index in [9.17, 15) is 19.2 Å². The zero-order valence-corrected chi connectivity index (χ0v) is 22.3. The first kappa shape index (κ1) is 29.6. The van der Waals surface area contributed by atoms with Crippen molar-refractivity contribution in [2.75, 3.05) is 11.9 Å². The number of halogens is 1. The molecule has 1 aromatic carbocycles. The van der Waals surface area contributed by atoms with Crippen LogP contribution in [0.3, 0.4) is 0 Å². The molecule has 6 N–H and O–H groups in total. The third kappa shape index (κ3) is 12.2. The van der Waals surface area contributed by atoms with Gasteiger partial charge in [-0.05, 0) is 42.9 Å². The van der Waals surface area contributed by atoms with E-state index < -0.39 is 22.1 Å². The van der Waals surface area contributed by atoms with Crippen molar-refractivity contribution in [3.05, 3.63) is 29.8 Å². The minimum atomic E-state index is -0.754. The molecule has 0 saturated heterocycles. The zero-order valence-electron chi connectivity index (χ0n) is 20.2. The molecular weight excluding hydrogens is 553 g/mol. The minimum absolute atomic E-state index is 0.0371. The fraction of sp³-hybridized carbons (Fsp3) is 0.565. The van der Waals surface area contributed by atoms with E-state index in [-0.39, 0.29) is 30.4 Å². The summed E-state index contributed by atoms with van der Waals surface area (Å²) in [6.07, 6.45) is 1.61. The molecule has 11 heteroatoms. The highest BCUT2D eigenvalue weighted by atomic mass is 127. The van der Waals surface area contributed by atoms with Gasteiger partial charge in [0.15, 0.2) is 0 Å². The molecule has 34 heavy (non-hydrogen) atoms. The van der Waals surface area contributed by atoms with Crippen LogP contribution in [0.1, 0.15) is 52.5 Å². The molecule has 190 valence electrons. The van der Waals surface area contributed by atoms with E-state index in [0.717, 1.165) is 5.56 Å². The first-order valence-electron chi connectivity index (χ1n) is 11.3. The number of hydrogen-bond acceptors (Lipinski definition) is 6. The largest absolute Gasteiger partial charge is 0.453 e. The standard InChI is InChI=1S/C23H36IN5O5/c1-14(2)19(27-15(3)4)21(31)29-18(7-5-6-12-26-23(25)33)20(30)28-17-10-8-16(9-11-17)13-34-22(24)32/h8-11,14-15,18-19,27H,5-7,12-13H2,1-4H3,(H,28,30)(H,29,31)(H3,25,26,33)/t18-,19-/m0/s1. The number of anilines is 1. The maximum Gasteiger partial charge on any atom is 0.367 e. The lowest BCUT2D eigenvalue weighted by atomic mass is 10.0. The van der Waals surface area contributed by atoms with E-state index in [4.69, 9.17) is 10.5 Å².